The van der Waals surface area contributed by atoms with E-state index in [2.05, 4.69) is 20.7 Å². The first-order valence-electron chi connectivity index (χ1n) is 4.49. The van der Waals surface area contributed by atoms with E-state index in [-0.39, 0.29) is 16.6 Å². The Balaban J connectivity index is 3.04. The lowest BCUT2D eigenvalue weighted by molar-refractivity contribution is -0.149. The van der Waals surface area contributed by atoms with Crippen LogP contribution < -0.4 is 0 Å². The molecule has 0 spiro atoms. The van der Waals surface area contributed by atoms with Gasteiger partial charge in [-0.3, -0.25) is 0 Å². The molecule has 1 aromatic rings. The van der Waals surface area contributed by atoms with Crippen LogP contribution in [0.1, 0.15) is 18.7 Å². The van der Waals surface area contributed by atoms with E-state index in [1.807, 2.05) is 0 Å². The molecular formula is C10H10BrFO4. The minimum atomic E-state index is -2.00. The predicted octanol–water partition coefficient (Wildman–Crippen LogP) is 2.43. The van der Waals surface area contributed by atoms with E-state index >= 15 is 0 Å². The van der Waals surface area contributed by atoms with E-state index in [0.29, 0.717) is 0 Å². The Labute approximate surface area is 99.8 Å². The van der Waals surface area contributed by atoms with Gasteiger partial charge in [0.2, 0.25) is 6.17 Å². The Morgan fingerprint density at radius 1 is 1.50 bits per heavy atom. The molecule has 0 saturated heterocycles. The highest BCUT2D eigenvalue weighted by atomic mass is 79.9. The van der Waals surface area contributed by atoms with Crippen LogP contribution in [0.3, 0.4) is 0 Å². The molecule has 16 heavy (non-hydrogen) atoms. The number of benzene rings is 1. The van der Waals surface area contributed by atoms with Crippen LogP contribution in [0.4, 0.5) is 4.39 Å². The average molecular weight is 293 g/mol. The van der Waals surface area contributed by atoms with Crippen molar-refractivity contribution in [1.29, 1.82) is 0 Å². The lowest BCUT2D eigenvalue weighted by atomic mass is 10.1. The summed E-state index contributed by atoms with van der Waals surface area (Å²) in [7, 11) is 0. The van der Waals surface area contributed by atoms with E-state index < -0.39 is 23.6 Å². The second-order valence-corrected chi connectivity index (χ2v) is 3.83. The number of halogens is 2. The van der Waals surface area contributed by atoms with Crippen molar-refractivity contribution in [1.82, 2.24) is 0 Å². The van der Waals surface area contributed by atoms with E-state index in [1.165, 1.54) is 0 Å². The molecule has 0 aliphatic carbocycles. The van der Waals surface area contributed by atoms with Gasteiger partial charge in [-0.1, -0.05) is 15.9 Å². The SMILES string of the molecule is CCOC(=O)C(F)c1cc(O)c(O)cc1Br. The number of carbonyl (C=O) groups is 1. The molecule has 0 aromatic heterocycles. The van der Waals surface area contributed by atoms with Gasteiger partial charge in [0.25, 0.3) is 0 Å². The summed E-state index contributed by atoms with van der Waals surface area (Å²) < 4.78 is 18.3. The summed E-state index contributed by atoms with van der Waals surface area (Å²) in [5.74, 6) is -1.93. The minimum absolute atomic E-state index is 0.0704. The number of aromatic hydroxyl groups is 2. The molecule has 2 N–H and O–H groups in total. The van der Waals surface area contributed by atoms with Crippen LogP contribution in [0, 0.1) is 0 Å². The number of carbonyl (C=O) groups excluding carboxylic acids is 1. The summed E-state index contributed by atoms with van der Waals surface area (Å²) in [5, 5.41) is 18.3. The molecule has 0 fully saturated rings. The van der Waals surface area contributed by atoms with Crippen LogP contribution >= 0.6 is 15.9 Å². The van der Waals surface area contributed by atoms with Crippen LogP contribution in [0.25, 0.3) is 0 Å². The molecule has 0 bridgehead atoms. The standard InChI is InChI=1S/C10H10BrFO4/c1-2-16-10(15)9(12)5-3-7(13)8(14)4-6(5)11/h3-4,9,13-14H,2H2,1H3. The van der Waals surface area contributed by atoms with Crippen LogP contribution in [0.5, 0.6) is 11.5 Å². The summed E-state index contributed by atoms with van der Waals surface area (Å²) in [6.45, 7) is 1.63. The summed E-state index contributed by atoms with van der Waals surface area (Å²) in [6, 6.07) is 2.08. The summed E-state index contributed by atoms with van der Waals surface area (Å²) >= 11 is 2.98. The Bertz CT molecular complexity index is 408. The zero-order valence-corrected chi connectivity index (χ0v) is 9.99. The summed E-state index contributed by atoms with van der Waals surface area (Å²) in [5.41, 5.74) is -0.0891. The van der Waals surface area contributed by atoms with Crippen LogP contribution in [0.2, 0.25) is 0 Å². The number of hydrogen-bond acceptors (Lipinski definition) is 4. The Morgan fingerprint density at radius 2 is 2.06 bits per heavy atom. The molecular weight excluding hydrogens is 283 g/mol. The molecule has 0 aliphatic heterocycles. The lowest BCUT2D eigenvalue weighted by Crippen LogP contribution is -2.12. The first kappa shape index (κ1) is 12.8. The van der Waals surface area contributed by atoms with Gasteiger partial charge in [0.15, 0.2) is 11.5 Å². The van der Waals surface area contributed by atoms with E-state index in [9.17, 15) is 14.3 Å². The maximum atomic E-state index is 13.6. The smallest absolute Gasteiger partial charge is 0.345 e. The van der Waals surface area contributed by atoms with Gasteiger partial charge in [0, 0.05) is 10.0 Å². The number of rotatable bonds is 3. The zero-order chi connectivity index (χ0) is 12.3. The number of phenolic OH excluding ortho intramolecular Hbond substituents is 2. The molecule has 1 unspecified atom stereocenters. The van der Waals surface area contributed by atoms with E-state index in [4.69, 9.17) is 5.11 Å². The topological polar surface area (TPSA) is 66.8 Å². The fourth-order valence-corrected chi connectivity index (χ4v) is 1.64. The predicted molar refractivity (Wildman–Crippen MR) is 58.0 cm³/mol. The highest BCUT2D eigenvalue weighted by Gasteiger charge is 2.24. The van der Waals surface area contributed by atoms with Crippen LogP contribution in [-0.4, -0.2) is 22.8 Å². The molecule has 1 rings (SSSR count). The van der Waals surface area contributed by atoms with Gasteiger partial charge in [-0.25, -0.2) is 9.18 Å². The third-order valence-electron chi connectivity index (χ3n) is 1.86. The van der Waals surface area contributed by atoms with Crippen molar-refractivity contribution in [2.24, 2.45) is 0 Å². The highest BCUT2D eigenvalue weighted by Crippen LogP contribution is 2.36. The van der Waals surface area contributed by atoms with Crippen molar-refractivity contribution in [3.8, 4) is 11.5 Å². The molecule has 0 saturated carbocycles. The average Bonchev–Trinajstić information content (AvgIpc) is 2.23. The second-order valence-electron chi connectivity index (χ2n) is 2.98. The van der Waals surface area contributed by atoms with Crippen molar-refractivity contribution in [3.63, 3.8) is 0 Å². The molecule has 0 amide bonds. The quantitative estimate of drug-likeness (QED) is 0.663. The van der Waals surface area contributed by atoms with Gasteiger partial charge in [-0.2, -0.15) is 0 Å². The molecule has 6 heteroatoms. The number of ether oxygens (including phenoxy) is 1. The third-order valence-corrected chi connectivity index (χ3v) is 2.55. The van der Waals surface area contributed by atoms with E-state index in [0.717, 1.165) is 12.1 Å². The van der Waals surface area contributed by atoms with Gasteiger partial charge in [0.05, 0.1) is 6.61 Å². The monoisotopic (exact) mass is 292 g/mol. The summed E-state index contributed by atoms with van der Waals surface area (Å²) in [4.78, 5) is 11.1. The number of hydrogen-bond donors (Lipinski definition) is 2. The zero-order valence-electron chi connectivity index (χ0n) is 8.41. The molecule has 4 nitrogen and oxygen atoms in total. The Kier molecular flexibility index (Phi) is 4.12. The fraction of sp³-hybridized carbons (Fsp3) is 0.300. The molecule has 0 radical (unpaired) electrons. The first-order chi connectivity index (χ1) is 7.47. The number of esters is 1. The molecule has 0 aliphatic rings. The molecule has 1 atom stereocenters. The second kappa shape index (κ2) is 5.16. The maximum absolute atomic E-state index is 13.6. The molecule has 1 aromatic carbocycles. The Hall–Kier alpha value is -1.30. The molecule has 0 heterocycles. The van der Waals surface area contributed by atoms with Crippen molar-refractivity contribution >= 4 is 21.9 Å². The first-order valence-corrected chi connectivity index (χ1v) is 5.28. The number of phenols is 2. The largest absolute Gasteiger partial charge is 0.504 e. The molecule has 88 valence electrons. The third kappa shape index (κ3) is 2.63. The summed E-state index contributed by atoms with van der Waals surface area (Å²) in [6.07, 6.45) is -2.00. The minimum Gasteiger partial charge on any atom is -0.504 e. The van der Waals surface area contributed by atoms with Crippen molar-refractivity contribution in [2.45, 2.75) is 13.1 Å². The maximum Gasteiger partial charge on any atom is 0.345 e. The van der Waals surface area contributed by atoms with Gasteiger partial charge in [0.1, 0.15) is 0 Å². The van der Waals surface area contributed by atoms with Crippen LogP contribution in [-0.2, 0) is 9.53 Å². The highest BCUT2D eigenvalue weighted by molar-refractivity contribution is 9.10. The normalized spacial score (nSPS) is 12.2. The van der Waals surface area contributed by atoms with Gasteiger partial charge < -0.3 is 14.9 Å². The van der Waals surface area contributed by atoms with Crippen LogP contribution in [0.15, 0.2) is 16.6 Å². The van der Waals surface area contributed by atoms with Crippen molar-refractivity contribution in [2.75, 3.05) is 6.61 Å². The lowest BCUT2D eigenvalue weighted by Gasteiger charge is -2.10. The van der Waals surface area contributed by atoms with Crippen molar-refractivity contribution in [3.05, 3.63) is 22.2 Å². The van der Waals surface area contributed by atoms with Gasteiger partial charge in [-0.05, 0) is 19.1 Å². The number of alkyl halides is 1. The van der Waals surface area contributed by atoms with Crippen molar-refractivity contribution < 1.29 is 24.1 Å². The van der Waals surface area contributed by atoms with Gasteiger partial charge >= 0.3 is 5.97 Å². The van der Waals surface area contributed by atoms with Gasteiger partial charge in [-0.15, -0.1) is 0 Å². The Morgan fingerprint density at radius 3 is 2.62 bits per heavy atom. The van der Waals surface area contributed by atoms with E-state index in [1.54, 1.807) is 6.92 Å². The fourth-order valence-electron chi connectivity index (χ4n) is 1.10.